The lowest BCUT2D eigenvalue weighted by atomic mass is 9.62. The standard InChI is InChI=1S/C27H30O8/c1-7-13(2)26(29)35-21-15(4)14(3)8-16-9-18(30-5)23(31-6)25(28)27(16)11-32-24-20(27)17(21)10-19-22(24)34-12-33-19/h7,9-10,14-15,21H,8,11-12H2,1-6H3/t14?,15?,21?,27-/m0/s1. The Morgan fingerprint density at radius 3 is 2.60 bits per heavy atom. The maximum absolute atomic E-state index is 14.2. The predicted octanol–water partition coefficient (Wildman–Crippen LogP) is 4.29. The number of methoxy groups -OCH3 is 2. The van der Waals surface area contributed by atoms with Crippen molar-refractivity contribution in [3.05, 3.63) is 52.0 Å². The molecule has 2 heterocycles. The molecule has 1 aromatic rings. The number of esters is 1. The zero-order valence-electron chi connectivity index (χ0n) is 20.9. The number of hydrogen-bond donors (Lipinski definition) is 0. The van der Waals surface area contributed by atoms with Crippen LogP contribution in [0, 0.1) is 11.8 Å². The van der Waals surface area contributed by atoms with Gasteiger partial charge in [-0.05, 0) is 43.9 Å². The Hall–Kier alpha value is -3.42. The van der Waals surface area contributed by atoms with Crippen LogP contribution in [0.25, 0.3) is 0 Å². The number of Topliss-reactive ketones (excluding diaryl/α,β-unsaturated/α-hetero) is 1. The highest BCUT2D eigenvalue weighted by atomic mass is 16.7. The van der Waals surface area contributed by atoms with Crippen molar-refractivity contribution >= 4 is 11.8 Å². The predicted molar refractivity (Wildman–Crippen MR) is 125 cm³/mol. The minimum absolute atomic E-state index is 0.0450. The van der Waals surface area contributed by atoms with Crippen molar-refractivity contribution in [3.63, 3.8) is 0 Å². The van der Waals surface area contributed by atoms with Crippen LogP contribution in [0.4, 0.5) is 0 Å². The number of fused-ring (bicyclic) bond motifs is 2. The summed E-state index contributed by atoms with van der Waals surface area (Å²) in [6.45, 7) is 7.81. The van der Waals surface area contributed by atoms with Gasteiger partial charge in [0.15, 0.2) is 17.3 Å². The topological polar surface area (TPSA) is 89.5 Å². The fraction of sp³-hybridized carbons (Fsp3) is 0.481. The molecule has 0 saturated heterocycles. The molecule has 4 atom stereocenters. The van der Waals surface area contributed by atoms with E-state index in [9.17, 15) is 9.59 Å². The van der Waals surface area contributed by atoms with Gasteiger partial charge in [-0.15, -0.1) is 0 Å². The van der Waals surface area contributed by atoms with E-state index in [-0.39, 0.29) is 36.8 Å². The lowest BCUT2D eigenvalue weighted by Gasteiger charge is -2.41. The zero-order chi connectivity index (χ0) is 25.1. The first-order chi connectivity index (χ1) is 16.8. The van der Waals surface area contributed by atoms with E-state index in [0.717, 1.165) is 5.57 Å². The van der Waals surface area contributed by atoms with Gasteiger partial charge in [0, 0.05) is 22.6 Å². The second kappa shape index (κ2) is 8.36. The van der Waals surface area contributed by atoms with Crippen LogP contribution in [0.15, 0.2) is 40.9 Å². The van der Waals surface area contributed by atoms with E-state index in [1.165, 1.54) is 14.2 Å². The van der Waals surface area contributed by atoms with Crippen LogP contribution in [-0.2, 0) is 29.2 Å². The van der Waals surface area contributed by atoms with Crippen molar-refractivity contribution in [2.75, 3.05) is 27.6 Å². The second-order valence-electron chi connectivity index (χ2n) is 9.54. The fourth-order valence-electron chi connectivity index (χ4n) is 5.51. The van der Waals surface area contributed by atoms with Crippen LogP contribution in [0.3, 0.4) is 0 Å². The number of hydrogen-bond acceptors (Lipinski definition) is 8. The van der Waals surface area contributed by atoms with E-state index >= 15 is 0 Å². The fourth-order valence-corrected chi connectivity index (χ4v) is 5.51. The number of carbonyl (C=O) groups is 2. The Bertz CT molecular complexity index is 1210. The Morgan fingerprint density at radius 2 is 1.91 bits per heavy atom. The molecule has 0 N–H and O–H groups in total. The highest BCUT2D eigenvalue weighted by Crippen LogP contribution is 2.61. The molecule has 186 valence electrons. The van der Waals surface area contributed by atoms with Crippen LogP contribution >= 0.6 is 0 Å². The van der Waals surface area contributed by atoms with Crippen molar-refractivity contribution in [2.24, 2.45) is 11.8 Å². The maximum Gasteiger partial charge on any atom is 0.333 e. The van der Waals surface area contributed by atoms with Crippen molar-refractivity contribution in [1.29, 1.82) is 0 Å². The van der Waals surface area contributed by atoms with Crippen molar-refractivity contribution < 1.29 is 38.0 Å². The van der Waals surface area contributed by atoms with Crippen LogP contribution in [0.2, 0.25) is 0 Å². The van der Waals surface area contributed by atoms with E-state index in [2.05, 4.69) is 13.8 Å². The smallest absolute Gasteiger partial charge is 0.333 e. The van der Waals surface area contributed by atoms with Crippen LogP contribution in [-0.4, -0.2) is 39.4 Å². The third kappa shape index (κ3) is 3.18. The minimum Gasteiger partial charge on any atom is -0.493 e. The van der Waals surface area contributed by atoms with E-state index in [1.807, 2.05) is 12.1 Å². The van der Waals surface area contributed by atoms with Crippen molar-refractivity contribution in [1.82, 2.24) is 0 Å². The van der Waals surface area contributed by atoms with Crippen LogP contribution in [0.1, 0.15) is 51.3 Å². The molecule has 0 saturated carbocycles. The molecule has 3 unspecified atom stereocenters. The molecule has 8 nitrogen and oxygen atoms in total. The Balaban J connectivity index is 1.80. The lowest BCUT2D eigenvalue weighted by Crippen LogP contribution is -2.46. The third-order valence-electron chi connectivity index (χ3n) is 7.82. The summed E-state index contributed by atoms with van der Waals surface area (Å²) in [7, 11) is 2.98. The summed E-state index contributed by atoms with van der Waals surface area (Å²) in [4.78, 5) is 27.1. The summed E-state index contributed by atoms with van der Waals surface area (Å²) in [6.07, 6.45) is 3.58. The molecule has 1 spiro atoms. The maximum atomic E-state index is 14.2. The molecule has 0 amide bonds. The van der Waals surface area contributed by atoms with Gasteiger partial charge in [-0.25, -0.2) is 4.79 Å². The van der Waals surface area contributed by atoms with Gasteiger partial charge in [-0.1, -0.05) is 19.9 Å². The normalized spacial score (nSPS) is 28.9. The molecule has 0 fully saturated rings. The number of carbonyl (C=O) groups excluding carboxylic acids is 2. The van der Waals surface area contributed by atoms with Gasteiger partial charge in [0.25, 0.3) is 0 Å². The molecule has 1 aromatic carbocycles. The Kier molecular flexibility index (Phi) is 5.57. The van der Waals surface area contributed by atoms with Crippen molar-refractivity contribution in [3.8, 4) is 17.2 Å². The quantitative estimate of drug-likeness (QED) is 0.464. The second-order valence-corrected chi connectivity index (χ2v) is 9.54. The molecular weight excluding hydrogens is 452 g/mol. The Labute approximate surface area is 204 Å². The zero-order valence-corrected chi connectivity index (χ0v) is 20.9. The van der Waals surface area contributed by atoms with Gasteiger partial charge in [-0.2, -0.15) is 0 Å². The molecule has 0 bridgehead atoms. The van der Waals surface area contributed by atoms with Gasteiger partial charge >= 0.3 is 5.97 Å². The lowest BCUT2D eigenvalue weighted by molar-refractivity contribution is -0.148. The third-order valence-corrected chi connectivity index (χ3v) is 7.82. The summed E-state index contributed by atoms with van der Waals surface area (Å²) in [6, 6.07) is 1.84. The summed E-state index contributed by atoms with van der Waals surface area (Å²) < 4.78 is 34.9. The molecule has 0 aromatic heterocycles. The summed E-state index contributed by atoms with van der Waals surface area (Å²) in [5, 5.41) is 0. The molecular formula is C27H30O8. The largest absolute Gasteiger partial charge is 0.493 e. The highest BCUT2D eigenvalue weighted by Gasteiger charge is 2.59. The summed E-state index contributed by atoms with van der Waals surface area (Å²) in [5.41, 5.74) is 1.59. The molecule has 2 aliphatic heterocycles. The van der Waals surface area contributed by atoms with Crippen molar-refractivity contribution in [2.45, 2.75) is 45.6 Å². The summed E-state index contributed by atoms with van der Waals surface area (Å²) >= 11 is 0. The van der Waals surface area contributed by atoms with E-state index in [1.54, 1.807) is 19.9 Å². The van der Waals surface area contributed by atoms with E-state index in [4.69, 9.17) is 28.4 Å². The molecule has 8 heteroatoms. The average molecular weight is 483 g/mol. The van der Waals surface area contributed by atoms with E-state index < -0.39 is 17.5 Å². The Morgan fingerprint density at radius 1 is 1.14 bits per heavy atom. The monoisotopic (exact) mass is 482 g/mol. The molecule has 5 rings (SSSR count). The number of ether oxygens (including phenoxy) is 6. The van der Waals surface area contributed by atoms with Crippen LogP contribution in [0.5, 0.6) is 17.2 Å². The van der Waals surface area contributed by atoms with E-state index in [0.29, 0.717) is 46.1 Å². The first-order valence-corrected chi connectivity index (χ1v) is 11.8. The molecule has 4 aliphatic rings. The highest BCUT2D eigenvalue weighted by molar-refractivity contribution is 6.08. The average Bonchev–Trinajstić information content (AvgIpc) is 3.48. The first-order valence-electron chi connectivity index (χ1n) is 11.8. The molecule has 0 radical (unpaired) electrons. The first kappa shape index (κ1) is 23.3. The molecule has 2 aliphatic carbocycles. The van der Waals surface area contributed by atoms with Crippen LogP contribution < -0.4 is 14.2 Å². The van der Waals surface area contributed by atoms with Gasteiger partial charge in [-0.3, -0.25) is 4.79 Å². The number of ketones is 1. The van der Waals surface area contributed by atoms with Gasteiger partial charge in [0.1, 0.15) is 18.1 Å². The number of allylic oxidation sites excluding steroid dienone is 3. The minimum atomic E-state index is -1.15. The number of rotatable bonds is 4. The SMILES string of the molecule is CC=C(C)C(=O)OC1c2cc3c(c4c2[C@@]2(CO4)C(=O)C(OC)=C(OC)C=C2CC(C)C1C)OCO3. The number of benzene rings is 1. The van der Waals surface area contributed by atoms with Gasteiger partial charge in [0.05, 0.1) is 14.2 Å². The van der Waals surface area contributed by atoms with Gasteiger partial charge in [0.2, 0.25) is 24.1 Å². The van der Waals surface area contributed by atoms with Gasteiger partial charge < -0.3 is 28.4 Å². The summed E-state index contributed by atoms with van der Waals surface area (Å²) in [5.74, 6) is 1.30. The molecule has 35 heavy (non-hydrogen) atoms.